The van der Waals surface area contributed by atoms with E-state index in [4.69, 9.17) is 16.1 Å². The topological polar surface area (TPSA) is 116 Å². The van der Waals surface area contributed by atoms with Crippen molar-refractivity contribution in [2.45, 2.75) is 6.04 Å². The lowest BCUT2D eigenvalue weighted by Crippen LogP contribution is -2.28. The number of anilines is 2. The Hall–Kier alpha value is -2.22. The maximum absolute atomic E-state index is 9.09. The molecule has 0 aliphatic carbocycles. The number of aliphatic hydroxyl groups is 2. The first-order chi connectivity index (χ1) is 9.76. The number of hydrazine groups is 1. The first kappa shape index (κ1) is 14.2. The lowest BCUT2D eigenvalue weighted by Gasteiger charge is -2.15. The van der Waals surface area contributed by atoms with Crippen LogP contribution in [0.5, 0.6) is 0 Å². The summed E-state index contributed by atoms with van der Waals surface area (Å²) >= 11 is 0. The van der Waals surface area contributed by atoms with E-state index < -0.39 is 6.04 Å². The maximum atomic E-state index is 9.09. The molecule has 0 saturated carbocycles. The van der Waals surface area contributed by atoms with Gasteiger partial charge in [0.15, 0.2) is 5.82 Å². The molecule has 1 heterocycles. The van der Waals surface area contributed by atoms with Crippen LogP contribution in [0.15, 0.2) is 36.4 Å². The second kappa shape index (κ2) is 6.80. The van der Waals surface area contributed by atoms with Crippen LogP contribution >= 0.6 is 0 Å². The van der Waals surface area contributed by atoms with Gasteiger partial charge in [-0.1, -0.05) is 30.3 Å². The van der Waals surface area contributed by atoms with E-state index in [-0.39, 0.29) is 13.2 Å². The van der Waals surface area contributed by atoms with E-state index in [9.17, 15) is 0 Å². The number of aliphatic hydroxyl groups excluding tert-OH is 2. The molecule has 0 radical (unpaired) electrons. The van der Waals surface area contributed by atoms with Crippen molar-refractivity contribution < 1.29 is 10.2 Å². The van der Waals surface area contributed by atoms with Gasteiger partial charge in [-0.15, -0.1) is 0 Å². The molecule has 7 nitrogen and oxygen atoms in total. The van der Waals surface area contributed by atoms with Crippen molar-refractivity contribution in [2.24, 2.45) is 5.84 Å². The minimum atomic E-state index is -0.487. The molecule has 2 aromatic rings. The molecule has 0 atom stereocenters. The summed E-state index contributed by atoms with van der Waals surface area (Å²) in [5, 5.41) is 21.1. The highest BCUT2D eigenvalue weighted by molar-refractivity contribution is 5.61. The molecule has 0 fully saturated rings. The highest BCUT2D eigenvalue weighted by Crippen LogP contribution is 2.19. The third-order valence-electron chi connectivity index (χ3n) is 2.70. The van der Waals surface area contributed by atoms with E-state index in [1.165, 1.54) is 0 Å². The maximum Gasteiger partial charge on any atom is 0.163 e. The molecule has 7 heteroatoms. The summed E-state index contributed by atoms with van der Waals surface area (Å²) in [6, 6.07) is 10.6. The van der Waals surface area contributed by atoms with Crippen molar-refractivity contribution in [3.05, 3.63) is 36.4 Å². The van der Waals surface area contributed by atoms with Gasteiger partial charge in [-0.3, -0.25) is 0 Å². The molecule has 0 saturated heterocycles. The van der Waals surface area contributed by atoms with Gasteiger partial charge in [0.1, 0.15) is 11.6 Å². The molecular formula is C13H17N5O2. The molecule has 0 spiro atoms. The lowest BCUT2D eigenvalue weighted by molar-refractivity contribution is 0.203. The Kier molecular flexibility index (Phi) is 4.83. The molecule has 0 aliphatic rings. The Morgan fingerprint density at radius 3 is 2.30 bits per heavy atom. The molecule has 6 N–H and O–H groups in total. The molecule has 0 bridgehead atoms. The standard InChI is InChI=1S/C13H17N5O2/c14-18-12-6-11(15-10(7-19)8-20)16-13(17-12)9-4-2-1-3-5-9/h1-6,10,19-20H,7-8,14H2,(H2,15,16,17,18). The van der Waals surface area contributed by atoms with Gasteiger partial charge in [-0.25, -0.2) is 15.8 Å². The number of hydrogen-bond donors (Lipinski definition) is 5. The minimum Gasteiger partial charge on any atom is -0.394 e. The zero-order chi connectivity index (χ0) is 14.4. The zero-order valence-electron chi connectivity index (χ0n) is 10.8. The summed E-state index contributed by atoms with van der Waals surface area (Å²) in [5.41, 5.74) is 3.32. The fraction of sp³-hybridized carbons (Fsp3) is 0.231. The van der Waals surface area contributed by atoms with Gasteiger partial charge in [0.05, 0.1) is 19.3 Å². The van der Waals surface area contributed by atoms with Crippen molar-refractivity contribution in [1.29, 1.82) is 0 Å². The molecule has 0 amide bonds. The Labute approximate surface area is 116 Å². The number of rotatable bonds is 6. The first-order valence-electron chi connectivity index (χ1n) is 6.16. The fourth-order valence-corrected chi connectivity index (χ4v) is 1.67. The Morgan fingerprint density at radius 1 is 1.05 bits per heavy atom. The number of benzene rings is 1. The highest BCUT2D eigenvalue weighted by atomic mass is 16.3. The summed E-state index contributed by atoms with van der Waals surface area (Å²) in [7, 11) is 0. The number of aromatic nitrogens is 2. The average molecular weight is 275 g/mol. The Bertz CT molecular complexity index is 546. The van der Waals surface area contributed by atoms with E-state index in [1.807, 2.05) is 30.3 Å². The molecule has 106 valence electrons. The number of nitrogen functional groups attached to an aromatic ring is 1. The smallest absolute Gasteiger partial charge is 0.163 e. The Balaban J connectivity index is 2.34. The van der Waals surface area contributed by atoms with Crippen LogP contribution in [0, 0.1) is 0 Å². The van der Waals surface area contributed by atoms with E-state index in [1.54, 1.807) is 6.07 Å². The predicted octanol–water partition coefficient (Wildman–Crippen LogP) is 0.194. The molecule has 0 aliphatic heterocycles. The average Bonchev–Trinajstić information content (AvgIpc) is 2.53. The largest absolute Gasteiger partial charge is 0.394 e. The fourth-order valence-electron chi connectivity index (χ4n) is 1.67. The van der Waals surface area contributed by atoms with Gasteiger partial charge < -0.3 is 21.0 Å². The zero-order valence-corrected chi connectivity index (χ0v) is 10.8. The van der Waals surface area contributed by atoms with Crippen LogP contribution in [0.2, 0.25) is 0 Å². The van der Waals surface area contributed by atoms with Gasteiger partial charge in [-0.2, -0.15) is 0 Å². The van der Waals surface area contributed by atoms with Crippen LogP contribution in [-0.2, 0) is 0 Å². The lowest BCUT2D eigenvalue weighted by atomic mass is 10.2. The van der Waals surface area contributed by atoms with Crippen LogP contribution in [-0.4, -0.2) is 39.4 Å². The monoisotopic (exact) mass is 275 g/mol. The number of nitrogens with two attached hydrogens (primary N) is 1. The van der Waals surface area contributed by atoms with Crippen LogP contribution < -0.4 is 16.6 Å². The minimum absolute atomic E-state index is 0.202. The summed E-state index contributed by atoms with van der Waals surface area (Å²) in [6.07, 6.45) is 0. The second-order valence-corrected chi connectivity index (χ2v) is 4.18. The van der Waals surface area contributed by atoms with Gasteiger partial charge in [-0.05, 0) is 0 Å². The van der Waals surface area contributed by atoms with E-state index in [2.05, 4.69) is 20.7 Å². The molecular weight excluding hydrogens is 258 g/mol. The van der Waals surface area contributed by atoms with Crippen LogP contribution in [0.4, 0.5) is 11.6 Å². The summed E-state index contributed by atoms with van der Waals surface area (Å²) in [4.78, 5) is 8.62. The predicted molar refractivity (Wildman–Crippen MR) is 76.9 cm³/mol. The van der Waals surface area contributed by atoms with Crippen molar-refractivity contribution in [3.63, 3.8) is 0 Å². The summed E-state index contributed by atoms with van der Waals surface area (Å²) < 4.78 is 0. The molecule has 2 rings (SSSR count). The SMILES string of the molecule is NNc1cc(NC(CO)CO)nc(-c2ccccc2)n1. The molecule has 1 aromatic carbocycles. The van der Waals surface area contributed by atoms with Gasteiger partial charge in [0.25, 0.3) is 0 Å². The number of hydrogen-bond acceptors (Lipinski definition) is 7. The van der Waals surface area contributed by atoms with Gasteiger partial charge in [0, 0.05) is 11.6 Å². The quantitative estimate of drug-likeness (QED) is 0.377. The van der Waals surface area contributed by atoms with Crippen LogP contribution in [0.3, 0.4) is 0 Å². The third-order valence-corrected chi connectivity index (χ3v) is 2.70. The van der Waals surface area contributed by atoms with Crippen molar-refractivity contribution in [2.75, 3.05) is 24.0 Å². The van der Waals surface area contributed by atoms with Gasteiger partial charge >= 0.3 is 0 Å². The van der Waals surface area contributed by atoms with Crippen molar-refractivity contribution >= 4 is 11.6 Å². The Morgan fingerprint density at radius 2 is 1.70 bits per heavy atom. The molecule has 0 unspecified atom stereocenters. The third kappa shape index (κ3) is 3.41. The van der Waals surface area contributed by atoms with Crippen molar-refractivity contribution in [1.82, 2.24) is 9.97 Å². The normalized spacial score (nSPS) is 10.6. The van der Waals surface area contributed by atoms with E-state index in [0.29, 0.717) is 17.5 Å². The van der Waals surface area contributed by atoms with Gasteiger partial charge in [0.2, 0.25) is 0 Å². The molecule has 1 aromatic heterocycles. The van der Waals surface area contributed by atoms with E-state index >= 15 is 0 Å². The first-order valence-corrected chi connectivity index (χ1v) is 6.16. The van der Waals surface area contributed by atoms with Crippen LogP contribution in [0.25, 0.3) is 11.4 Å². The number of nitrogens with one attached hydrogen (secondary N) is 2. The summed E-state index contributed by atoms with van der Waals surface area (Å²) in [5.74, 6) is 6.81. The second-order valence-electron chi connectivity index (χ2n) is 4.18. The van der Waals surface area contributed by atoms with E-state index in [0.717, 1.165) is 5.56 Å². The summed E-state index contributed by atoms with van der Waals surface area (Å²) in [6.45, 7) is -0.404. The number of nitrogens with zero attached hydrogens (tertiary/aromatic N) is 2. The van der Waals surface area contributed by atoms with Crippen LogP contribution in [0.1, 0.15) is 0 Å². The van der Waals surface area contributed by atoms with Crippen molar-refractivity contribution in [3.8, 4) is 11.4 Å². The highest BCUT2D eigenvalue weighted by Gasteiger charge is 2.10. The molecule has 20 heavy (non-hydrogen) atoms.